The van der Waals surface area contributed by atoms with Gasteiger partial charge in [0.25, 0.3) is 11.8 Å². The molecule has 2 aromatic carbocycles. The third-order valence-electron chi connectivity index (χ3n) is 4.14. The molecule has 2 aromatic rings. The molecule has 0 atom stereocenters. The van der Waals surface area contributed by atoms with Gasteiger partial charge >= 0.3 is 0 Å². The zero-order chi connectivity index (χ0) is 20.0. The summed E-state index contributed by atoms with van der Waals surface area (Å²) >= 11 is 2.08. The molecule has 0 aliphatic carbocycles. The highest BCUT2D eigenvalue weighted by Gasteiger charge is 2.17. The van der Waals surface area contributed by atoms with Crippen LogP contribution in [-0.2, 0) is 0 Å². The van der Waals surface area contributed by atoms with Gasteiger partial charge in [0.15, 0.2) is 11.5 Å². The van der Waals surface area contributed by atoms with Crippen molar-refractivity contribution in [2.45, 2.75) is 13.8 Å². The maximum atomic E-state index is 12.7. The van der Waals surface area contributed by atoms with Crippen LogP contribution in [0.2, 0.25) is 0 Å². The van der Waals surface area contributed by atoms with Crippen molar-refractivity contribution in [1.82, 2.24) is 4.90 Å². The normalized spacial score (nSPS) is 10.3. The average Bonchev–Trinajstić information content (AvgIpc) is 2.68. The lowest BCUT2D eigenvalue weighted by atomic mass is 10.1. The van der Waals surface area contributed by atoms with Crippen molar-refractivity contribution in [1.29, 1.82) is 0 Å². The Balaban J connectivity index is 2.26. The summed E-state index contributed by atoms with van der Waals surface area (Å²) in [6.45, 7) is 5.14. The topological polar surface area (TPSA) is 67.9 Å². The van der Waals surface area contributed by atoms with E-state index in [2.05, 4.69) is 27.9 Å². The highest BCUT2D eigenvalue weighted by atomic mass is 127. The summed E-state index contributed by atoms with van der Waals surface area (Å²) in [4.78, 5) is 27.0. The van der Waals surface area contributed by atoms with E-state index in [-0.39, 0.29) is 11.8 Å². The molecule has 0 saturated heterocycles. The second-order valence-electron chi connectivity index (χ2n) is 5.70. The van der Waals surface area contributed by atoms with E-state index < -0.39 is 0 Å². The smallest absolute Gasteiger partial charge is 0.256 e. The number of carbonyl (C=O) groups excluding carboxylic acids is 2. The number of nitrogens with one attached hydrogen (secondary N) is 1. The largest absolute Gasteiger partial charge is 0.493 e. The molecular weight excluding hydrogens is 459 g/mol. The Morgan fingerprint density at radius 3 is 2.26 bits per heavy atom. The average molecular weight is 482 g/mol. The molecule has 0 heterocycles. The van der Waals surface area contributed by atoms with E-state index in [1.54, 1.807) is 48.4 Å². The number of hydrogen-bond donors (Lipinski definition) is 1. The minimum Gasteiger partial charge on any atom is -0.493 e. The highest BCUT2D eigenvalue weighted by Crippen LogP contribution is 2.31. The molecule has 2 rings (SSSR count). The molecule has 0 fully saturated rings. The molecule has 0 aromatic heterocycles. The summed E-state index contributed by atoms with van der Waals surface area (Å²) in [5.74, 6) is 0.698. The molecule has 0 unspecified atom stereocenters. The zero-order valence-corrected chi connectivity index (χ0v) is 18.0. The minimum absolute atomic E-state index is 0.0585. The standard InChI is InChI=1S/C20H23IN2O4/c1-5-23(6-2)20(25)13-8-7-9-14(10-13)22-19(24)15-11-17(26-3)18(27-4)12-16(15)21/h7-12H,5-6H2,1-4H3,(H,22,24). The molecule has 144 valence electrons. The van der Waals surface area contributed by atoms with Crippen LogP contribution in [0, 0.1) is 3.57 Å². The van der Waals surface area contributed by atoms with E-state index in [9.17, 15) is 9.59 Å². The van der Waals surface area contributed by atoms with Crippen molar-refractivity contribution in [3.05, 3.63) is 51.1 Å². The number of anilines is 1. The van der Waals surface area contributed by atoms with Gasteiger partial charge in [-0.1, -0.05) is 6.07 Å². The Morgan fingerprint density at radius 2 is 1.67 bits per heavy atom. The Kier molecular flexibility index (Phi) is 7.46. The van der Waals surface area contributed by atoms with Gasteiger partial charge in [-0.3, -0.25) is 9.59 Å². The fraction of sp³-hybridized carbons (Fsp3) is 0.300. The number of methoxy groups -OCH3 is 2. The van der Waals surface area contributed by atoms with Gasteiger partial charge in [0, 0.05) is 27.9 Å². The Morgan fingerprint density at radius 1 is 1.04 bits per heavy atom. The first-order chi connectivity index (χ1) is 12.9. The van der Waals surface area contributed by atoms with Gasteiger partial charge < -0.3 is 19.7 Å². The SMILES string of the molecule is CCN(CC)C(=O)c1cccc(NC(=O)c2cc(OC)c(OC)cc2I)c1. The van der Waals surface area contributed by atoms with Crippen LogP contribution in [0.5, 0.6) is 11.5 Å². The number of nitrogens with zero attached hydrogens (tertiary/aromatic N) is 1. The van der Waals surface area contributed by atoms with Crippen molar-refractivity contribution in [3.63, 3.8) is 0 Å². The Hall–Kier alpha value is -2.29. The lowest BCUT2D eigenvalue weighted by Gasteiger charge is -2.19. The fourth-order valence-electron chi connectivity index (χ4n) is 2.65. The molecule has 0 spiro atoms. The third-order valence-corrected chi connectivity index (χ3v) is 5.03. The van der Waals surface area contributed by atoms with Crippen molar-refractivity contribution < 1.29 is 19.1 Å². The number of amides is 2. The monoisotopic (exact) mass is 482 g/mol. The van der Waals surface area contributed by atoms with E-state index in [0.717, 1.165) is 3.57 Å². The number of hydrogen-bond acceptors (Lipinski definition) is 4. The van der Waals surface area contributed by atoms with E-state index in [1.165, 1.54) is 7.11 Å². The molecular formula is C20H23IN2O4. The second-order valence-corrected chi connectivity index (χ2v) is 6.86. The fourth-order valence-corrected chi connectivity index (χ4v) is 3.33. The highest BCUT2D eigenvalue weighted by molar-refractivity contribution is 14.1. The Bertz CT molecular complexity index is 835. The number of benzene rings is 2. The molecule has 0 aliphatic heterocycles. The minimum atomic E-state index is -0.284. The van der Waals surface area contributed by atoms with Crippen LogP contribution < -0.4 is 14.8 Å². The molecule has 7 heteroatoms. The quantitative estimate of drug-likeness (QED) is 0.605. The van der Waals surface area contributed by atoms with Crippen molar-refractivity contribution in [2.24, 2.45) is 0 Å². The van der Waals surface area contributed by atoms with Gasteiger partial charge in [0.05, 0.1) is 19.8 Å². The predicted molar refractivity (Wildman–Crippen MR) is 114 cm³/mol. The number of rotatable bonds is 7. The first-order valence-corrected chi connectivity index (χ1v) is 9.65. The van der Waals surface area contributed by atoms with Crippen LogP contribution in [0.1, 0.15) is 34.6 Å². The summed E-state index contributed by atoms with van der Waals surface area (Å²) in [5.41, 5.74) is 1.57. The Labute approximate surface area is 173 Å². The summed E-state index contributed by atoms with van der Waals surface area (Å²) < 4.78 is 11.3. The summed E-state index contributed by atoms with van der Waals surface area (Å²) in [5, 5.41) is 2.85. The molecule has 0 bridgehead atoms. The van der Waals surface area contributed by atoms with Gasteiger partial charge in [0.1, 0.15) is 0 Å². The molecule has 27 heavy (non-hydrogen) atoms. The van der Waals surface area contributed by atoms with Gasteiger partial charge in [-0.05, 0) is 66.8 Å². The maximum Gasteiger partial charge on any atom is 0.256 e. The van der Waals surface area contributed by atoms with Gasteiger partial charge in [-0.25, -0.2) is 0 Å². The van der Waals surface area contributed by atoms with Crippen molar-refractivity contribution in [2.75, 3.05) is 32.6 Å². The van der Waals surface area contributed by atoms with Crippen LogP contribution in [0.4, 0.5) is 5.69 Å². The zero-order valence-electron chi connectivity index (χ0n) is 15.8. The molecule has 1 N–H and O–H groups in total. The van der Waals surface area contributed by atoms with E-state index in [0.29, 0.717) is 41.4 Å². The van der Waals surface area contributed by atoms with Crippen molar-refractivity contribution >= 4 is 40.1 Å². The maximum absolute atomic E-state index is 12.7. The van der Waals surface area contributed by atoms with E-state index in [1.807, 2.05) is 13.8 Å². The van der Waals surface area contributed by atoms with Crippen LogP contribution in [-0.4, -0.2) is 44.0 Å². The first kappa shape index (κ1) is 21.0. The predicted octanol–water partition coefficient (Wildman–Crippen LogP) is 4.04. The van der Waals surface area contributed by atoms with Gasteiger partial charge in [0.2, 0.25) is 0 Å². The molecule has 0 radical (unpaired) electrons. The van der Waals surface area contributed by atoms with Crippen LogP contribution in [0.15, 0.2) is 36.4 Å². The number of halogens is 1. The molecule has 6 nitrogen and oxygen atoms in total. The van der Waals surface area contributed by atoms with E-state index >= 15 is 0 Å². The summed E-state index contributed by atoms with van der Waals surface area (Å²) in [7, 11) is 3.07. The first-order valence-electron chi connectivity index (χ1n) is 8.57. The second kappa shape index (κ2) is 9.59. The van der Waals surface area contributed by atoms with Crippen LogP contribution in [0.25, 0.3) is 0 Å². The molecule has 0 aliphatic rings. The van der Waals surface area contributed by atoms with Crippen LogP contribution >= 0.6 is 22.6 Å². The lowest BCUT2D eigenvalue weighted by molar-refractivity contribution is 0.0772. The van der Waals surface area contributed by atoms with Gasteiger partial charge in [-0.2, -0.15) is 0 Å². The molecule has 2 amide bonds. The summed E-state index contributed by atoms with van der Waals surface area (Å²) in [6, 6.07) is 10.3. The van der Waals surface area contributed by atoms with Crippen molar-refractivity contribution in [3.8, 4) is 11.5 Å². The lowest BCUT2D eigenvalue weighted by Crippen LogP contribution is -2.30. The van der Waals surface area contributed by atoms with E-state index in [4.69, 9.17) is 9.47 Å². The third kappa shape index (κ3) is 4.91. The number of ether oxygens (including phenoxy) is 2. The summed E-state index contributed by atoms with van der Waals surface area (Å²) in [6.07, 6.45) is 0. The molecule has 0 saturated carbocycles. The van der Waals surface area contributed by atoms with Crippen LogP contribution in [0.3, 0.4) is 0 Å². The number of carbonyl (C=O) groups is 2. The van der Waals surface area contributed by atoms with Gasteiger partial charge in [-0.15, -0.1) is 0 Å².